The fourth-order valence-electron chi connectivity index (χ4n) is 5.54. The molecule has 2 aromatic carbocycles. The highest BCUT2D eigenvalue weighted by atomic mass is 16.5. The van der Waals surface area contributed by atoms with E-state index in [4.69, 9.17) is 4.74 Å². The molecule has 1 unspecified atom stereocenters. The van der Waals surface area contributed by atoms with Crippen LogP contribution in [0, 0.1) is 11.8 Å². The molecule has 43 heavy (non-hydrogen) atoms. The minimum atomic E-state index is -1.09. The minimum absolute atomic E-state index is 0.00950. The largest absolute Gasteiger partial charge is 0.497 e. The van der Waals surface area contributed by atoms with Gasteiger partial charge in [0.2, 0.25) is 12.3 Å². The van der Waals surface area contributed by atoms with Crippen LogP contribution in [0.5, 0.6) is 5.75 Å². The summed E-state index contributed by atoms with van der Waals surface area (Å²) in [6.07, 6.45) is 11.8. The zero-order valence-corrected chi connectivity index (χ0v) is 24.9. The van der Waals surface area contributed by atoms with Crippen LogP contribution in [-0.2, 0) is 14.4 Å². The van der Waals surface area contributed by atoms with Crippen molar-refractivity contribution in [3.63, 3.8) is 0 Å². The molecule has 1 heterocycles. The van der Waals surface area contributed by atoms with Gasteiger partial charge in [-0.15, -0.1) is 0 Å². The second-order valence-electron chi connectivity index (χ2n) is 11.4. The molecule has 2 aliphatic rings. The lowest BCUT2D eigenvalue weighted by atomic mass is 10.1. The van der Waals surface area contributed by atoms with Crippen LogP contribution in [0.2, 0.25) is 0 Å². The van der Waals surface area contributed by atoms with Crippen LogP contribution in [0.4, 0.5) is 0 Å². The van der Waals surface area contributed by atoms with Crippen molar-refractivity contribution in [1.29, 1.82) is 0 Å². The molecule has 0 aliphatic heterocycles. The van der Waals surface area contributed by atoms with Gasteiger partial charge in [-0.3, -0.25) is 14.4 Å². The number of fused-ring (bicyclic) bond motifs is 1. The van der Waals surface area contributed by atoms with Crippen molar-refractivity contribution in [3.8, 4) is 17.0 Å². The normalized spacial score (nSPS) is 19.4. The highest BCUT2D eigenvalue weighted by molar-refractivity contribution is 5.91. The number of hydrogen-bond donors (Lipinski definition) is 3. The van der Waals surface area contributed by atoms with Crippen LogP contribution in [0.25, 0.3) is 22.2 Å². The summed E-state index contributed by atoms with van der Waals surface area (Å²) < 4.78 is 5.19. The Balaban J connectivity index is 0.000000202. The van der Waals surface area contributed by atoms with Gasteiger partial charge in [0.05, 0.1) is 12.6 Å². The molecule has 2 fully saturated rings. The highest BCUT2D eigenvalue weighted by Crippen LogP contribution is 2.45. The number of H-pyrrole nitrogens is 1. The van der Waals surface area contributed by atoms with E-state index in [1.807, 2.05) is 48.6 Å². The first kappa shape index (κ1) is 31.5. The number of hydrogen-bond acceptors (Lipinski definition) is 5. The van der Waals surface area contributed by atoms with E-state index in [9.17, 15) is 24.3 Å². The molecule has 0 bridgehead atoms. The van der Waals surface area contributed by atoms with Gasteiger partial charge in [0.15, 0.2) is 5.43 Å². The number of aliphatic carboxylic acids is 1. The van der Waals surface area contributed by atoms with Crippen molar-refractivity contribution < 1.29 is 24.2 Å². The first-order chi connectivity index (χ1) is 20.8. The predicted molar refractivity (Wildman–Crippen MR) is 167 cm³/mol. The zero-order valence-electron chi connectivity index (χ0n) is 24.9. The fraction of sp³-hybridized carbons (Fsp3) is 0.412. The lowest BCUT2D eigenvalue weighted by Crippen LogP contribution is -2.46. The van der Waals surface area contributed by atoms with Gasteiger partial charge < -0.3 is 25.0 Å². The highest BCUT2D eigenvalue weighted by Gasteiger charge is 2.60. The van der Waals surface area contributed by atoms with Crippen molar-refractivity contribution in [3.05, 3.63) is 77.0 Å². The number of carbonyl (C=O) groups is 3. The van der Waals surface area contributed by atoms with E-state index in [0.29, 0.717) is 11.8 Å². The molecular weight excluding hydrogens is 546 g/mol. The average molecular weight is 588 g/mol. The molecule has 5 rings (SSSR count). The quantitative estimate of drug-likeness (QED) is 0.153. The SMILES string of the molecule is CN(C=O)CCCC/C=C\[C@@H]1CC1(NC(=O)C1CCCC1)C(=O)O.COc1ccc2c(=O)cc(-c3ccccc3)[nH]c2c1. The third kappa shape index (κ3) is 8.12. The van der Waals surface area contributed by atoms with E-state index in [1.165, 1.54) is 0 Å². The molecule has 228 valence electrons. The summed E-state index contributed by atoms with van der Waals surface area (Å²) in [6, 6.07) is 16.8. The number of allylic oxidation sites excluding steroid dienone is 1. The molecular formula is C34H41N3O6. The van der Waals surface area contributed by atoms with Crippen molar-refractivity contribution >= 4 is 29.2 Å². The summed E-state index contributed by atoms with van der Waals surface area (Å²) in [5, 5.41) is 13.0. The van der Waals surface area contributed by atoms with Crippen molar-refractivity contribution in [2.45, 2.75) is 56.9 Å². The van der Waals surface area contributed by atoms with Crippen molar-refractivity contribution in [1.82, 2.24) is 15.2 Å². The summed E-state index contributed by atoms with van der Waals surface area (Å²) in [6.45, 7) is 0.733. The molecule has 0 spiro atoms. The predicted octanol–water partition coefficient (Wildman–Crippen LogP) is 5.15. The Labute approximate surface area is 251 Å². The van der Waals surface area contributed by atoms with E-state index in [2.05, 4.69) is 10.3 Å². The molecule has 2 amide bonds. The van der Waals surface area contributed by atoms with Gasteiger partial charge in [-0.05, 0) is 56.2 Å². The molecule has 2 atom stereocenters. The van der Waals surface area contributed by atoms with Crippen molar-refractivity contribution in [2.75, 3.05) is 20.7 Å². The lowest BCUT2D eigenvalue weighted by Gasteiger charge is -2.17. The topological polar surface area (TPSA) is 129 Å². The number of amides is 2. The number of pyridine rings is 1. The molecule has 2 aliphatic carbocycles. The molecule has 3 aromatic rings. The number of nitrogens with zero attached hydrogens (tertiary/aromatic N) is 1. The summed E-state index contributed by atoms with van der Waals surface area (Å²) in [7, 11) is 3.36. The maximum atomic E-state index is 12.2. The number of unbranched alkanes of at least 4 members (excludes halogenated alkanes) is 2. The summed E-state index contributed by atoms with van der Waals surface area (Å²) >= 11 is 0. The van der Waals surface area contributed by atoms with Gasteiger partial charge in [-0.2, -0.15) is 0 Å². The van der Waals surface area contributed by atoms with Gasteiger partial charge in [0.1, 0.15) is 11.3 Å². The molecule has 2 saturated carbocycles. The number of aromatic nitrogens is 1. The van der Waals surface area contributed by atoms with Crippen LogP contribution in [0.15, 0.2) is 71.5 Å². The number of benzene rings is 2. The minimum Gasteiger partial charge on any atom is -0.497 e. The second-order valence-corrected chi connectivity index (χ2v) is 11.4. The number of carboxylic acids is 1. The van der Waals surface area contributed by atoms with Gasteiger partial charge in [-0.1, -0.05) is 55.3 Å². The van der Waals surface area contributed by atoms with Crippen LogP contribution in [0.3, 0.4) is 0 Å². The molecule has 0 saturated heterocycles. The Morgan fingerprint density at radius 2 is 1.86 bits per heavy atom. The second kappa shape index (κ2) is 14.7. The van der Waals surface area contributed by atoms with E-state index < -0.39 is 11.5 Å². The Kier molecular flexibility index (Phi) is 10.8. The van der Waals surface area contributed by atoms with E-state index in [0.717, 1.165) is 80.4 Å². The maximum absolute atomic E-state index is 12.2. The number of carboxylic acid groups (broad SMARTS) is 1. The first-order valence-corrected chi connectivity index (χ1v) is 14.9. The Morgan fingerprint density at radius 1 is 1.12 bits per heavy atom. The van der Waals surface area contributed by atoms with Crippen molar-refractivity contribution in [2.24, 2.45) is 11.8 Å². The standard InChI is InChI=1S/C18H28N2O4.C16H13NO2/c1-20(13-21)11-7-3-2-4-10-15-12-18(15,17(23)24)19-16(22)14-8-5-6-9-14;1-19-12-7-8-13-15(9-12)17-14(10-16(13)18)11-5-3-2-4-6-11/h4,10,13-15H,2-3,5-9,11-12H2,1H3,(H,19,22)(H,23,24);2-10H,1H3,(H,17,18)/b10-4-;/t15-,18?;/m1./s1. The molecule has 9 nitrogen and oxygen atoms in total. The van der Waals surface area contributed by atoms with Crippen LogP contribution in [-0.4, -0.2) is 59.5 Å². The van der Waals surface area contributed by atoms with Crippen LogP contribution in [0.1, 0.15) is 51.4 Å². The van der Waals surface area contributed by atoms with E-state index >= 15 is 0 Å². The smallest absolute Gasteiger partial charge is 0.330 e. The Morgan fingerprint density at radius 3 is 2.53 bits per heavy atom. The Bertz CT molecular complexity index is 1500. The Hall–Kier alpha value is -4.40. The average Bonchev–Trinajstić information content (AvgIpc) is 3.43. The third-order valence-electron chi connectivity index (χ3n) is 8.27. The van der Waals surface area contributed by atoms with Crippen LogP contribution < -0.4 is 15.5 Å². The van der Waals surface area contributed by atoms with Gasteiger partial charge in [0, 0.05) is 48.6 Å². The summed E-state index contributed by atoms with van der Waals surface area (Å²) in [5.41, 5.74) is 1.50. The molecule has 9 heteroatoms. The van der Waals surface area contributed by atoms with E-state index in [-0.39, 0.29) is 23.2 Å². The maximum Gasteiger partial charge on any atom is 0.330 e. The zero-order chi connectivity index (χ0) is 30.8. The third-order valence-corrected chi connectivity index (χ3v) is 8.27. The summed E-state index contributed by atoms with van der Waals surface area (Å²) in [5.74, 6) is -0.425. The number of nitrogens with one attached hydrogen (secondary N) is 2. The molecule has 3 N–H and O–H groups in total. The first-order valence-electron chi connectivity index (χ1n) is 14.9. The number of methoxy groups -OCH3 is 1. The lowest BCUT2D eigenvalue weighted by molar-refractivity contribution is -0.144. The number of aromatic amines is 1. The van der Waals surface area contributed by atoms with Gasteiger partial charge in [0.25, 0.3) is 0 Å². The summed E-state index contributed by atoms with van der Waals surface area (Å²) in [4.78, 5) is 51.3. The van der Waals surface area contributed by atoms with Crippen LogP contribution >= 0.6 is 0 Å². The van der Waals surface area contributed by atoms with Gasteiger partial charge in [-0.25, -0.2) is 4.79 Å². The monoisotopic (exact) mass is 587 g/mol. The number of carbonyl (C=O) groups excluding carboxylic acids is 2. The fourth-order valence-corrected chi connectivity index (χ4v) is 5.54. The van der Waals surface area contributed by atoms with E-state index in [1.54, 1.807) is 37.3 Å². The van der Waals surface area contributed by atoms with Gasteiger partial charge >= 0.3 is 5.97 Å². The molecule has 0 radical (unpaired) electrons. The number of ether oxygens (including phenoxy) is 1. The molecule has 1 aromatic heterocycles. The number of rotatable bonds is 12.